The van der Waals surface area contributed by atoms with Crippen LogP contribution in [0.15, 0.2) is 0 Å². The van der Waals surface area contributed by atoms with Gasteiger partial charge in [0.15, 0.2) is 0 Å². The monoisotopic (exact) mass is 204 g/mol. The van der Waals surface area contributed by atoms with Crippen molar-refractivity contribution in [2.75, 3.05) is 20.3 Å². The number of hydrogen-bond acceptors (Lipinski definition) is 5. The molecule has 0 saturated carbocycles. The number of aliphatic hydroxyl groups is 2. The fraction of sp³-hybridized carbons (Fsp3) is 1.00. The maximum absolute atomic E-state index is 9.61. The predicted molar refractivity (Wildman–Crippen MR) is 52.7 cm³/mol. The van der Waals surface area contributed by atoms with E-state index in [1.807, 2.05) is 6.92 Å². The normalized spacial score (nSPS) is 21.0. The molecule has 82 valence electrons. The number of rotatable bonds is 8. The maximum atomic E-state index is 9.61. The van der Waals surface area contributed by atoms with Crippen LogP contribution in [0.25, 0.3) is 0 Å². The van der Waals surface area contributed by atoms with Crippen molar-refractivity contribution in [2.45, 2.75) is 25.2 Å². The average Bonchev–Trinajstić information content (AvgIpc) is 2.24. The number of hydrogen-bond donors (Lipinski definition) is 3. The predicted octanol–water partition coefficient (Wildman–Crippen LogP) is -1.58. The second-order valence-corrected chi connectivity index (χ2v) is 3.25. The quantitative estimate of drug-likeness (QED) is 0.415. The Labute approximate surface area is 87.1 Å². The molecule has 0 aromatic carbocycles. The molecule has 14 heavy (non-hydrogen) atoms. The van der Waals surface area contributed by atoms with E-state index in [0.29, 0.717) is 6.54 Å². The molecule has 0 aliphatic carbocycles. The van der Waals surface area contributed by atoms with Crippen LogP contribution in [0.5, 0.6) is 0 Å². The fourth-order valence-corrected chi connectivity index (χ4v) is 1.27. The number of ether oxygens (including phenoxy) is 1. The number of aliphatic hydroxyl groups excluding tert-OH is 2. The third-order valence-electron chi connectivity index (χ3n) is 2.24. The summed E-state index contributed by atoms with van der Waals surface area (Å²) in [6, 6.07) is 0. The summed E-state index contributed by atoms with van der Waals surface area (Å²) >= 11 is 0. The van der Waals surface area contributed by atoms with Crippen molar-refractivity contribution >= 4 is 8.05 Å². The summed E-state index contributed by atoms with van der Waals surface area (Å²) in [5.41, 5.74) is 5.47. The van der Waals surface area contributed by atoms with Crippen LogP contribution >= 0.6 is 0 Å². The van der Waals surface area contributed by atoms with Crippen LogP contribution in [0.4, 0.5) is 0 Å². The lowest BCUT2D eigenvalue weighted by Crippen LogP contribution is -2.47. The second-order valence-electron chi connectivity index (χ2n) is 3.25. The first-order valence-corrected chi connectivity index (χ1v) is 4.46. The highest BCUT2D eigenvalue weighted by Gasteiger charge is 2.30. The van der Waals surface area contributed by atoms with E-state index in [0.717, 1.165) is 0 Å². The zero-order valence-electron chi connectivity index (χ0n) is 9.55. The van der Waals surface area contributed by atoms with Crippen molar-refractivity contribution in [3.8, 4) is 0 Å². The summed E-state index contributed by atoms with van der Waals surface area (Å²) in [5, 5.41) is 13.7. The molecule has 0 aromatic heterocycles. The Hall–Kier alpha value is -0.135. The first kappa shape index (κ1) is 11.9. The minimum atomic E-state index is -0.977. The van der Waals surface area contributed by atoms with Gasteiger partial charge in [-0.05, 0) is 12.5 Å². The van der Waals surface area contributed by atoms with Crippen LogP contribution in [-0.2, 0) is 9.39 Å². The zero-order valence-corrected chi connectivity index (χ0v) is 8.55. The molecule has 6 heteroatoms. The lowest BCUT2D eigenvalue weighted by molar-refractivity contribution is -0.0990. The largest absolute Gasteiger partial charge is 0.442 e. The first-order chi connectivity index (χ1) is 7.12. The standard InChI is InChI=1S/C8H18BNO4/c1-5(3-10)7(14-9)8(13-2)6(12)4-11/h5-8,11-12H,3-4,10H2,1-2H3/t5-,6+,7+,8+/m0/s1/i11D. The molecule has 0 rings (SSSR count). The van der Waals surface area contributed by atoms with Crippen molar-refractivity contribution in [1.29, 1.82) is 1.43 Å². The third-order valence-corrected chi connectivity index (χ3v) is 2.24. The van der Waals surface area contributed by atoms with Crippen LogP contribution in [0, 0.1) is 5.92 Å². The molecule has 0 heterocycles. The molecular formula is C8H18BNO4. The van der Waals surface area contributed by atoms with E-state index in [-0.39, 0.29) is 12.5 Å². The van der Waals surface area contributed by atoms with Gasteiger partial charge in [-0.3, -0.25) is 0 Å². The van der Waals surface area contributed by atoms with Crippen molar-refractivity contribution in [1.82, 2.24) is 0 Å². The van der Waals surface area contributed by atoms with Crippen molar-refractivity contribution in [3.63, 3.8) is 0 Å². The summed E-state index contributed by atoms with van der Waals surface area (Å²) in [6.45, 7) is 2.02. The molecule has 4 atom stereocenters. The first-order valence-electron chi connectivity index (χ1n) is 4.87. The SMILES string of the molecule is [2H]OC[C@@H](O)[C@@H](OC)[C@H](O[B])[C@@H](C)CN. The van der Waals surface area contributed by atoms with Gasteiger partial charge in [0.2, 0.25) is 1.43 Å². The molecule has 0 aliphatic heterocycles. The van der Waals surface area contributed by atoms with Gasteiger partial charge in [0.25, 0.3) is 8.05 Å². The Bertz CT molecular complexity index is 166. The van der Waals surface area contributed by atoms with E-state index in [2.05, 4.69) is 5.11 Å². The Balaban J connectivity index is 4.44. The van der Waals surface area contributed by atoms with Crippen LogP contribution in [0.3, 0.4) is 0 Å². The average molecular weight is 204 g/mol. The minimum absolute atomic E-state index is 0.0691. The van der Waals surface area contributed by atoms with Gasteiger partial charge in [-0.25, -0.2) is 0 Å². The van der Waals surface area contributed by atoms with Crippen LogP contribution in [0.1, 0.15) is 6.92 Å². The van der Waals surface area contributed by atoms with Crippen LogP contribution < -0.4 is 5.73 Å². The van der Waals surface area contributed by atoms with Crippen molar-refractivity contribution in [3.05, 3.63) is 0 Å². The highest BCUT2D eigenvalue weighted by Crippen LogP contribution is 2.15. The summed E-state index contributed by atoms with van der Waals surface area (Å²) in [6.07, 6.45) is -2.18. The van der Waals surface area contributed by atoms with E-state index >= 15 is 0 Å². The molecular weight excluding hydrogens is 185 g/mol. The zero-order chi connectivity index (χ0) is 11.8. The van der Waals surface area contributed by atoms with E-state index in [4.69, 9.17) is 24.6 Å². The van der Waals surface area contributed by atoms with E-state index in [1.165, 1.54) is 7.11 Å². The molecule has 2 radical (unpaired) electrons. The summed E-state index contributed by atoms with van der Waals surface area (Å²) in [5.74, 6) is -0.0691. The maximum Gasteiger partial charge on any atom is 0.283 e. The van der Waals surface area contributed by atoms with E-state index in [9.17, 15) is 5.11 Å². The lowest BCUT2D eigenvalue weighted by Gasteiger charge is -2.32. The fourth-order valence-electron chi connectivity index (χ4n) is 1.27. The highest BCUT2D eigenvalue weighted by molar-refractivity contribution is 5.98. The van der Waals surface area contributed by atoms with Gasteiger partial charge in [0.1, 0.15) is 12.2 Å². The Morgan fingerprint density at radius 1 is 1.57 bits per heavy atom. The van der Waals surface area contributed by atoms with Gasteiger partial charge in [-0.2, -0.15) is 0 Å². The summed E-state index contributed by atoms with van der Waals surface area (Å²) in [4.78, 5) is 0. The van der Waals surface area contributed by atoms with Crippen LogP contribution in [0.2, 0.25) is 0 Å². The molecule has 0 spiro atoms. The lowest BCUT2D eigenvalue weighted by atomic mass is 9.95. The molecule has 0 fully saturated rings. The molecule has 0 unspecified atom stereocenters. The van der Waals surface area contributed by atoms with E-state index < -0.39 is 18.3 Å². The molecule has 0 amide bonds. The third kappa shape index (κ3) is 3.55. The Morgan fingerprint density at radius 2 is 2.21 bits per heavy atom. The minimum Gasteiger partial charge on any atom is -0.442 e. The van der Waals surface area contributed by atoms with Crippen molar-refractivity contribution in [2.24, 2.45) is 11.7 Å². The molecule has 0 aliphatic rings. The molecule has 5 nitrogen and oxygen atoms in total. The highest BCUT2D eigenvalue weighted by atomic mass is 16.5. The Morgan fingerprint density at radius 3 is 2.57 bits per heavy atom. The summed E-state index contributed by atoms with van der Waals surface area (Å²) in [7, 11) is 6.55. The van der Waals surface area contributed by atoms with Gasteiger partial charge in [-0.1, -0.05) is 6.92 Å². The van der Waals surface area contributed by atoms with Gasteiger partial charge >= 0.3 is 0 Å². The van der Waals surface area contributed by atoms with Gasteiger partial charge in [0, 0.05) is 7.11 Å². The van der Waals surface area contributed by atoms with E-state index in [1.54, 1.807) is 0 Å². The number of methoxy groups -OCH3 is 1. The van der Waals surface area contributed by atoms with Crippen molar-refractivity contribution < 1.29 is 19.6 Å². The van der Waals surface area contributed by atoms with Crippen LogP contribution in [-0.4, -0.2) is 58.3 Å². The topological polar surface area (TPSA) is 84.9 Å². The van der Waals surface area contributed by atoms with Gasteiger partial charge in [0.05, 0.1) is 12.7 Å². The molecule has 0 aromatic rings. The van der Waals surface area contributed by atoms with Gasteiger partial charge < -0.3 is 25.3 Å². The molecule has 4 N–H and O–H groups in total. The Kier molecular flexibility index (Phi) is 6.14. The number of nitrogens with two attached hydrogens (primary N) is 1. The smallest absolute Gasteiger partial charge is 0.283 e. The summed E-state index contributed by atoms with van der Waals surface area (Å²) < 4.78 is 16.3. The second kappa shape index (κ2) is 7.20. The molecule has 0 bridgehead atoms. The molecule has 0 saturated heterocycles. The van der Waals surface area contributed by atoms with Gasteiger partial charge in [-0.15, -0.1) is 0 Å².